The Morgan fingerprint density at radius 2 is 2.11 bits per heavy atom. The number of carbonyl (C=O) groups excluding carboxylic acids is 1. The first-order chi connectivity index (χ1) is 8.81. The van der Waals surface area contributed by atoms with E-state index in [0.717, 1.165) is 19.3 Å². The number of aliphatic hydroxyl groups is 1. The number of aliphatic hydroxyl groups excluding tert-OH is 1. The van der Waals surface area contributed by atoms with Gasteiger partial charge in [0.25, 0.3) is 0 Å². The normalized spacial score (nSPS) is 35.1. The van der Waals surface area contributed by atoms with Gasteiger partial charge in [0.1, 0.15) is 5.54 Å². The highest BCUT2D eigenvalue weighted by Gasteiger charge is 2.63. The number of amides is 1. The maximum atomic E-state index is 12.5. The van der Waals surface area contributed by atoms with Crippen molar-refractivity contribution in [2.45, 2.75) is 63.6 Å². The third-order valence-corrected chi connectivity index (χ3v) is 5.23. The number of hydrogen-bond donors (Lipinski definition) is 3. The first-order valence-corrected chi connectivity index (χ1v) is 7.15. The molecule has 2 aliphatic rings. The van der Waals surface area contributed by atoms with Crippen molar-refractivity contribution in [1.29, 1.82) is 0 Å². The van der Waals surface area contributed by atoms with Crippen molar-refractivity contribution in [3.8, 4) is 0 Å². The Hall–Kier alpha value is -0.650. The lowest BCUT2D eigenvalue weighted by atomic mass is 9.54. The first-order valence-electron chi connectivity index (χ1n) is 7.15. The lowest BCUT2D eigenvalue weighted by Gasteiger charge is -2.58. The standard InChI is InChI=1S/C14H26N2O3/c1-4-19-10-8-14(15,12(10,2)3)11(18)16-13(9-17)6-5-7-13/h10,17H,4-9,15H2,1-3H3,(H,16,18). The molecule has 19 heavy (non-hydrogen) atoms. The molecular formula is C14H26N2O3. The maximum absolute atomic E-state index is 12.5. The molecule has 1 amide bonds. The highest BCUT2D eigenvalue weighted by molar-refractivity contribution is 5.89. The zero-order valence-corrected chi connectivity index (χ0v) is 12.2. The summed E-state index contributed by atoms with van der Waals surface area (Å²) in [4.78, 5) is 12.5. The lowest BCUT2D eigenvalue weighted by Crippen LogP contribution is -2.77. The Kier molecular flexibility index (Phi) is 3.66. The topological polar surface area (TPSA) is 84.6 Å². The Labute approximate surface area is 114 Å². The van der Waals surface area contributed by atoms with Crippen LogP contribution in [0.2, 0.25) is 0 Å². The van der Waals surface area contributed by atoms with E-state index in [4.69, 9.17) is 10.5 Å². The van der Waals surface area contributed by atoms with Gasteiger partial charge in [-0.15, -0.1) is 0 Å². The minimum atomic E-state index is -0.898. The van der Waals surface area contributed by atoms with Gasteiger partial charge in [-0.2, -0.15) is 0 Å². The molecule has 2 fully saturated rings. The smallest absolute Gasteiger partial charge is 0.241 e. The molecule has 0 aromatic heterocycles. The molecule has 0 bridgehead atoms. The van der Waals surface area contributed by atoms with Gasteiger partial charge in [0.05, 0.1) is 18.2 Å². The van der Waals surface area contributed by atoms with Gasteiger partial charge in [-0.05, 0) is 26.2 Å². The fourth-order valence-electron chi connectivity index (χ4n) is 3.10. The molecule has 5 nitrogen and oxygen atoms in total. The van der Waals surface area contributed by atoms with Crippen LogP contribution in [0.5, 0.6) is 0 Å². The van der Waals surface area contributed by atoms with Crippen LogP contribution in [0, 0.1) is 5.41 Å². The SMILES string of the molecule is CCOC1CC(N)(C(=O)NC2(CO)CCC2)C1(C)C. The van der Waals surface area contributed by atoms with Crippen LogP contribution < -0.4 is 11.1 Å². The van der Waals surface area contributed by atoms with Gasteiger partial charge in [-0.1, -0.05) is 13.8 Å². The monoisotopic (exact) mass is 270 g/mol. The van der Waals surface area contributed by atoms with E-state index in [1.165, 1.54) is 0 Å². The summed E-state index contributed by atoms with van der Waals surface area (Å²) in [5, 5.41) is 12.4. The molecule has 0 spiro atoms. The Bertz CT molecular complexity index is 360. The highest BCUT2D eigenvalue weighted by Crippen LogP contribution is 2.50. The highest BCUT2D eigenvalue weighted by atomic mass is 16.5. The van der Waals surface area contributed by atoms with E-state index in [9.17, 15) is 9.90 Å². The molecular weight excluding hydrogens is 244 g/mol. The molecule has 0 saturated heterocycles. The minimum absolute atomic E-state index is 0.00978. The molecule has 0 aromatic rings. The molecule has 2 atom stereocenters. The molecule has 2 saturated carbocycles. The van der Waals surface area contributed by atoms with Crippen LogP contribution in [0.15, 0.2) is 0 Å². The number of rotatable bonds is 5. The molecule has 5 heteroatoms. The Morgan fingerprint density at radius 3 is 2.47 bits per heavy atom. The van der Waals surface area contributed by atoms with Crippen LogP contribution in [0.1, 0.15) is 46.5 Å². The summed E-state index contributed by atoms with van der Waals surface area (Å²) < 4.78 is 5.63. The van der Waals surface area contributed by atoms with E-state index >= 15 is 0 Å². The van der Waals surface area contributed by atoms with Gasteiger partial charge in [0.2, 0.25) is 5.91 Å². The van der Waals surface area contributed by atoms with Crippen molar-refractivity contribution in [1.82, 2.24) is 5.32 Å². The summed E-state index contributed by atoms with van der Waals surface area (Å²) in [5.74, 6) is -0.151. The number of nitrogens with two attached hydrogens (primary N) is 1. The van der Waals surface area contributed by atoms with Gasteiger partial charge in [0.15, 0.2) is 0 Å². The van der Waals surface area contributed by atoms with E-state index in [-0.39, 0.29) is 24.0 Å². The van der Waals surface area contributed by atoms with Crippen molar-refractivity contribution in [2.75, 3.05) is 13.2 Å². The Morgan fingerprint density at radius 1 is 1.47 bits per heavy atom. The number of hydrogen-bond acceptors (Lipinski definition) is 4. The predicted molar refractivity (Wildman–Crippen MR) is 72.5 cm³/mol. The van der Waals surface area contributed by atoms with Crippen molar-refractivity contribution in [3.05, 3.63) is 0 Å². The molecule has 2 unspecified atom stereocenters. The minimum Gasteiger partial charge on any atom is -0.394 e. The van der Waals surface area contributed by atoms with Gasteiger partial charge in [-0.25, -0.2) is 0 Å². The Balaban J connectivity index is 2.03. The van der Waals surface area contributed by atoms with Crippen molar-refractivity contribution in [3.63, 3.8) is 0 Å². The molecule has 0 radical (unpaired) electrons. The molecule has 0 heterocycles. The summed E-state index contributed by atoms with van der Waals surface area (Å²) >= 11 is 0. The van der Waals surface area contributed by atoms with E-state index in [1.807, 2.05) is 20.8 Å². The van der Waals surface area contributed by atoms with Gasteiger partial charge in [0, 0.05) is 18.4 Å². The van der Waals surface area contributed by atoms with Crippen LogP contribution in [0.3, 0.4) is 0 Å². The van der Waals surface area contributed by atoms with Crippen LogP contribution in [0.25, 0.3) is 0 Å². The average molecular weight is 270 g/mol. The predicted octanol–water partition coefficient (Wildman–Crippen LogP) is 0.550. The van der Waals surface area contributed by atoms with E-state index < -0.39 is 11.1 Å². The van der Waals surface area contributed by atoms with Crippen LogP contribution in [-0.2, 0) is 9.53 Å². The molecule has 2 rings (SSSR count). The van der Waals surface area contributed by atoms with Crippen LogP contribution in [0.4, 0.5) is 0 Å². The second-order valence-electron chi connectivity index (χ2n) is 6.59. The maximum Gasteiger partial charge on any atom is 0.241 e. The molecule has 4 N–H and O–H groups in total. The number of nitrogens with one attached hydrogen (secondary N) is 1. The number of carbonyl (C=O) groups is 1. The van der Waals surface area contributed by atoms with E-state index in [1.54, 1.807) is 0 Å². The van der Waals surface area contributed by atoms with Gasteiger partial charge in [-0.3, -0.25) is 4.79 Å². The zero-order chi connectivity index (χ0) is 14.3. The van der Waals surface area contributed by atoms with Gasteiger partial charge >= 0.3 is 0 Å². The first kappa shape index (κ1) is 14.8. The van der Waals surface area contributed by atoms with Crippen LogP contribution in [-0.4, -0.2) is 41.4 Å². The summed E-state index contributed by atoms with van der Waals surface area (Å²) in [7, 11) is 0. The van der Waals surface area contributed by atoms with Crippen molar-refractivity contribution < 1.29 is 14.6 Å². The van der Waals surface area contributed by atoms with Crippen molar-refractivity contribution in [2.24, 2.45) is 11.1 Å². The largest absolute Gasteiger partial charge is 0.394 e. The van der Waals surface area contributed by atoms with E-state index in [0.29, 0.717) is 13.0 Å². The molecule has 110 valence electrons. The third-order valence-electron chi connectivity index (χ3n) is 5.23. The van der Waals surface area contributed by atoms with Crippen LogP contribution >= 0.6 is 0 Å². The lowest BCUT2D eigenvalue weighted by molar-refractivity contribution is -0.173. The molecule has 0 aliphatic heterocycles. The summed E-state index contributed by atoms with van der Waals surface area (Å²) in [6.07, 6.45) is 3.28. The van der Waals surface area contributed by atoms with Gasteiger partial charge < -0.3 is 20.9 Å². The average Bonchev–Trinajstić information content (AvgIpc) is 2.33. The third kappa shape index (κ3) is 2.08. The summed E-state index contributed by atoms with van der Waals surface area (Å²) in [5.41, 5.74) is 4.60. The summed E-state index contributed by atoms with van der Waals surface area (Å²) in [6.45, 7) is 6.52. The quantitative estimate of drug-likeness (QED) is 0.681. The zero-order valence-electron chi connectivity index (χ0n) is 12.2. The summed E-state index contributed by atoms with van der Waals surface area (Å²) in [6, 6.07) is 0. The molecule has 2 aliphatic carbocycles. The molecule has 0 aromatic carbocycles. The fourth-order valence-corrected chi connectivity index (χ4v) is 3.10. The second-order valence-corrected chi connectivity index (χ2v) is 6.59. The van der Waals surface area contributed by atoms with Crippen molar-refractivity contribution >= 4 is 5.91 Å². The second kappa shape index (κ2) is 4.72. The van der Waals surface area contributed by atoms with E-state index in [2.05, 4.69) is 5.32 Å². The number of ether oxygens (including phenoxy) is 1. The fraction of sp³-hybridized carbons (Fsp3) is 0.929.